The minimum absolute atomic E-state index is 0.164. The maximum absolute atomic E-state index is 10.9. The number of anilines is 2. The molecule has 0 aliphatic heterocycles. The Morgan fingerprint density at radius 2 is 2.25 bits per heavy atom. The highest BCUT2D eigenvalue weighted by atomic mass is 16.4. The third-order valence-electron chi connectivity index (χ3n) is 4.21. The van der Waals surface area contributed by atoms with Gasteiger partial charge in [-0.3, -0.25) is 0 Å². The number of aromatic carboxylic acids is 1. The number of nitrogens with two attached hydrogens (primary N) is 1. The maximum atomic E-state index is 10.9. The van der Waals surface area contributed by atoms with E-state index in [0.717, 1.165) is 24.1 Å². The minimum Gasteiger partial charge on any atom is -0.478 e. The summed E-state index contributed by atoms with van der Waals surface area (Å²) in [4.78, 5) is 10.9. The van der Waals surface area contributed by atoms with E-state index in [0.29, 0.717) is 5.69 Å². The first-order valence-electron chi connectivity index (χ1n) is 7.43. The van der Waals surface area contributed by atoms with Crippen LogP contribution in [-0.4, -0.2) is 17.6 Å². The van der Waals surface area contributed by atoms with Crippen molar-refractivity contribution in [3.63, 3.8) is 0 Å². The van der Waals surface area contributed by atoms with Crippen molar-refractivity contribution >= 4 is 17.3 Å². The number of benzene rings is 1. The number of carboxylic acids is 1. The fourth-order valence-corrected chi connectivity index (χ4v) is 3.11. The molecule has 0 bridgehead atoms. The number of nitrogens with one attached hydrogen (secondary N) is 1. The fourth-order valence-electron chi connectivity index (χ4n) is 3.11. The molecule has 0 spiro atoms. The standard InChI is InChI=1S/C16H24N2O2/c1-11-3-2-4-12(9-11)7-8-18-13-5-6-14(16(19)20)15(17)10-13/h5-6,10-12,18H,2-4,7-9,17H2,1H3,(H,19,20). The first kappa shape index (κ1) is 14.7. The van der Waals surface area contributed by atoms with Crippen LogP contribution < -0.4 is 11.1 Å². The highest BCUT2D eigenvalue weighted by Crippen LogP contribution is 2.30. The molecular weight excluding hydrogens is 252 g/mol. The number of hydrogen-bond acceptors (Lipinski definition) is 3. The molecule has 2 atom stereocenters. The van der Waals surface area contributed by atoms with Crippen molar-refractivity contribution in [1.82, 2.24) is 0 Å². The van der Waals surface area contributed by atoms with Crippen LogP contribution in [0.1, 0.15) is 49.4 Å². The molecule has 2 rings (SSSR count). The van der Waals surface area contributed by atoms with Crippen LogP contribution >= 0.6 is 0 Å². The largest absolute Gasteiger partial charge is 0.478 e. The van der Waals surface area contributed by atoms with Crippen molar-refractivity contribution in [2.24, 2.45) is 11.8 Å². The normalized spacial score (nSPS) is 22.4. The topological polar surface area (TPSA) is 75.3 Å². The van der Waals surface area contributed by atoms with Gasteiger partial charge < -0.3 is 16.2 Å². The molecule has 0 amide bonds. The Hall–Kier alpha value is -1.71. The number of hydrogen-bond donors (Lipinski definition) is 3. The SMILES string of the molecule is CC1CCCC(CCNc2ccc(C(=O)O)c(N)c2)C1. The van der Waals surface area contributed by atoms with Gasteiger partial charge in [0.2, 0.25) is 0 Å². The summed E-state index contributed by atoms with van der Waals surface area (Å²) < 4.78 is 0. The quantitative estimate of drug-likeness (QED) is 0.718. The monoisotopic (exact) mass is 276 g/mol. The van der Waals surface area contributed by atoms with Gasteiger partial charge in [0.25, 0.3) is 0 Å². The molecule has 0 saturated heterocycles. The molecule has 1 aliphatic carbocycles. The molecular formula is C16H24N2O2. The third-order valence-corrected chi connectivity index (χ3v) is 4.21. The summed E-state index contributed by atoms with van der Waals surface area (Å²) >= 11 is 0. The average Bonchev–Trinajstić information content (AvgIpc) is 2.38. The Kier molecular flexibility index (Phi) is 4.88. The summed E-state index contributed by atoms with van der Waals surface area (Å²) in [5.74, 6) is 0.700. The molecule has 4 heteroatoms. The zero-order valence-corrected chi connectivity index (χ0v) is 12.1. The smallest absolute Gasteiger partial charge is 0.337 e. The molecule has 1 saturated carbocycles. The average molecular weight is 276 g/mol. The summed E-state index contributed by atoms with van der Waals surface area (Å²) in [6, 6.07) is 5.04. The lowest BCUT2D eigenvalue weighted by Crippen LogP contribution is -2.16. The van der Waals surface area contributed by atoms with E-state index in [1.54, 1.807) is 18.2 Å². The Bertz CT molecular complexity index is 474. The van der Waals surface area contributed by atoms with Crippen LogP contribution in [0.4, 0.5) is 11.4 Å². The lowest BCUT2D eigenvalue weighted by atomic mass is 9.81. The Balaban J connectivity index is 1.82. The summed E-state index contributed by atoms with van der Waals surface area (Å²) in [5, 5.41) is 12.3. The van der Waals surface area contributed by atoms with Crippen LogP contribution in [0.2, 0.25) is 0 Å². The van der Waals surface area contributed by atoms with E-state index in [1.807, 2.05) is 0 Å². The molecule has 1 aliphatic rings. The van der Waals surface area contributed by atoms with Gasteiger partial charge in [-0.05, 0) is 42.9 Å². The number of rotatable bonds is 5. The predicted molar refractivity (Wildman–Crippen MR) is 82.0 cm³/mol. The lowest BCUT2D eigenvalue weighted by Gasteiger charge is -2.26. The van der Waals surface area contributed by atoms with E-state index in [2.05, 4.69) is 12.2 Å². The molecule has 0 radical (unpaired) electrons. The second-order valence-corrected chi connectivity index (χ2v) is 5.96. The van der Waals surface area contributed by atoms with E-state index >= 15 is 0 Å². The van der Waals surface area contributed by atoms with Crippen LogP contribution in [0.15, 0.2) is 18.2 Å². The molecule has 4 N–H and O–H groups in total. The number of carboxylic acid groups (broad SMARTS) is 1. The summed E-state index contributed by atoms with van der Waals surface area (Å²) in [5.41, 5.74) is 7.11. The zero-order chi connectivity index (χ0) is 14.5. The molecule has 1 aromatic carbocycles. The van der Waals surface area contributed by atoms with Crippen molar-refractivity contribution in [3.8, 4) is 0 Å². The van der Waals surface area contributed by atoms with Gasteiger partial charge >= 0.3 is 5.97 Å². The number of carbonyl (C=O) groups is 1. The molecule has 0 aromatic heterocycles. The van der Waals surface area contributed by atoms with Gasteiger partial charge in [-0.1, -0.05) is 26.2 Å². The van der Waals surface area contributed by atoms with Crippen LogP contribution in [0.5, 0.6) is 0 Å². The molecule has 2 unspecified atom stereocenters. The van der Waals surface area contributed by atoms with Crippen molar-refractivity contribution in [3.05, 3.63) is 23.8 Å². The van der Waals surface area contributed by atoms with E-state index in [4.69, 9.17) is 10.8 Å². The Labute approximate surface area is 120 Å². The molecule has 0 heterocycles. The van der Waals surface area contributed by atoms with Crippen LogP contribution in [-0.2, 0) is 0 Å². The first-order valence-corrected chi connectivity index (χ1v) is 7.43. The fraction of sp³-hybridized carbons (Fsp3) is 0.562. The van der Waals surface area contributed by atoms with Gasteiger partial charge in [0.05, 0.1) is 5.56 Å². The number of nitrogen functional groups attached to an aromatic ring is 1. The van der Waals surface area contributed by atoms with Crippen molar-refractivity contribution in [1.29, 1.82) is 0 Å². The molecule has 20 heavy (non-hydrogen) atoms. The molecule has 4 nitrogen and oxygen atoms in total. The van der Waals surface area contributed by atoms with E-state index in [1.165, 1.54) is 32.1 Å². The van der Waals surface area contributed by atoms with E-state index in [-0.39, 0.29) is 5.56 Å². The van der Waals surface area contributed by atoms with E-state index < -0.39 is 5.97 Å². The lowest BCUT2D eigenvalue weighted by molar-refractivity contribution is 0.0698. The highest BCUT2D eigenvalue weighted by Gasteiger charge is 2.18. The second kappa shape index (κ2) is 6.64. The van der Waals surface area contributed by atoms with Gasteiger partial charge in [0.1, 0.15) is 0 Å². The summed E-state index contributed by atoms with van der Waals surface area (Å²) in [7, 11) is 0. The molecule has 1 aromatic rings. The Morgan fingerprint density at radius 1 is 1.45 bits per heavy atom. The maximum Gasteiger partial charge on any atom is 0.337 e. The van der Waals surface area contributed by atoms with E-state index in [9.17, 15) is 4.79 Å². The van der Waals surface area contributed by atoms with Gasteiger partial charge in [-0.15, -0.1) is 0 Å². The van der Waals surface area contributed by atoms with Crippen molar-refractivity contribution in [2.75, 3.05) is 17.6 Å². The molecule has 110 valence electrons. The minimum atomic E-state index is -0.981. The predicted octanol–water partition coefficient (Wildman–Crippen LogP) is 3.60. The van der Waals surface area contributed by atoms with Crippen molar-refractivity contribution < 1.29 is 9.90 Å². The zero-order valence-electron chi connectivity index (χ0n) is 12.1. The third kappa shape index (κ3) is 3.89. The van der Waals surface area contributed by atoms with Crippen LogP contribution in [0.3, 0.4) is 0 Å². The van der Waals surface area contributed by atoms with Gasteiger partial charge in [0.15, 0.2) is 0 Å². The van der Waals surface area contributed by atoms with Gasteiger partial charge in [-0.2, -0.15) is 0 Å². The van der Waals surface area contributed by atoms with Crippen LogP contribution in [0, 0.1) is 11.8 Å². The second-order valence-electron chi connectivity index (χ2n) is 5.96. The summed E-state index contributed by atoms with van der Waals surface area (Å²) in [6.45, 7) is 3.26. The highest BCUT2D eigenvalue weighted by molar-refractivity contribution is 5.94. The van der Waals surface area contributed by atoms with Gasteiger partial charge in [-0.25, -0.2) is 4.79 Å². The summed E-state index contributed by atoms with van der Waals surface area (Å²) in [6.07, 6.45) is 6.57. The Morgan fingerprint density at radius 3 is 2.90 bits per heavy atom. The first-order chi connectivity index (χ1) is 9.56. The van der Waals surface area contributed by atoms with Crippen molar-refractivity contribution in [2.45, 2.75) is 39.0 Å². The van der Waals surface area contributed by atoms with Crippen LogP contribution in [0.25, 0.3) is 0 Å². The molecule has 1 fully saturated rings. The van der Waals surface area contributed by atoms with Gasteiger partial charge in [0, 0.05) is 17.9 Å².